The van der Waals surface area contributed by atoms with Crippen molar-refractivity contribution in [1.29, 1.82) is 0 Å². The number of hydrogen-bond donors (Lipinski definition) is 6. The van der Waals surface area contributed by atoms with Crippen LogP contribution in [0.15, 0.2) is 75.8 Å². The molecule has 15 nitrogen and oxygen atoms in total. The number of methoxy groups -OCH3 is 1. The Labute approximate surface area is 356 Å². The molecule has 0 bridgehead atoms. The number of nitrogens with zero attached hydrogens (tertiary/aromatic N) is 2. The second kappa shape index (κ2) is 20.2. The number of pyridine rings is 1. The van der Waals surface area contributed by atoms with Gasteiger partial charge in [0.15, 0.2) is 10.6 Å². The largest absolute Gasteiger partial charge is 0.497 e. The summed E-state index contributed by atoms with van der Waals surface area (Å²) in [5, 5.41) is 12.7. The minimum Gasteiger partial charge on any atom is -0.497 e. The molecule has 17 heteroatoms. The number of aromatic amines is 1. The minimum atomic E-state index is -3.84. The number of sulfonamides is 1. The second-order valence-electron chi connectivity index (χ2n) is 16.4. The first-order valence-electron chi connectivity index (χ1n) is 20.3. The Balaban J connectivity index is 0.000000175. The maximum atomic E-state index is 12.5. The first-order valence-corrected chi connectivity index (χ1v) is 22.7. The third-order valence-corrected chi connectivity index (χ3v) is 12.1. The summed E-state index contributed by atoms with van der Waals surface area (Å²) >= 11 is 1.52. The summed E-state index contributed by atoms with van der Waals surface area (Å²) in [6, 6.07) is 13.4. The number of carbonyl (C=O) groups excluding carboxylic acids is 3. The van der Waals surface area contributed by atoms with E-state index < -0.39 is 27.9 Å². The number of nitrogens with two attached hydrogens (primary N) is 1. The Kier molecular flexibility index (Phi) is 15.4. The summed E-state index contributed by atoms with van der Waals surface area (Å²) in [5.41, 5.74) is 7.67. The zero-order chi connectivity index (χ0) is 43.6. The number of likely N-dealkylation sites (tertiary alicyclic amines) is 1. The van der Waals surface area contributed by atoms with Crippen LogP contribution in [0.2, 0.25) is 0 Å². The zero-order valence-electron chi connectivity index (χ0n) is 35.2. The number of amides is 4. The molecule has 7 N–H and O–H groups in total. The van der Waals surface area contributed by atoms with Gasteiger partial charge in [0.2, 0.25) is 11.8 Å². The molecule has 324 valence electrons. The molecule has 2 aromatic heterocycles. The van der Waals surface area contributed by atoms with Crippen LogP contribution in [0.25, 0.3) is 22.3 Å². The van der Waals surface area contributed by atoms with Gasteiger partial charge >= 0.3 is 6.03 Å². The van der Waals surface area contributed by atoms with Crippen molar-refractivity contribution in [2.45, 2.75) is 102 Å². The number of benzene rings is 2. The van der Waals surface area contributed by atoms with Gasteiger partial charge < -0.3 is 36.3 Å². The number of aromatic nitrogens is 2. The van der Waals surface area contributed by atoms with Gasteiger partial charge in [0, 0.05) is 53.5 Å². The Morgan fingerprint density at radius 2 is 1.82 bits per heavy atom. The number of hydrogen-bond acceptors (Lipinski definition) is 11. The third kappa shape index (κ3) is 12.8. The molecule has 2 aliphatic heterocycles. The second-order valence-corrected chi connectivity index (χ2v) is 18.9. The number of primary amides is 1. The fourth-order valence-corrected chi connectivity index (χ4v) is 8.87. The highest BCUT2D eigenvalue weighted by molar-refractivity contribution is 7.90. The van der Waals surface area contributed by atoms with Gasteiger partial charge in [-0.2, -0.15) is 0 Å². The van der Waals surface area contributed by atoms with Crippen molar-refractivity contribution < 1.29 is 27.5 Å². The SMILES string of the molecule is CC(C)(C)NC(=O)N1CCC[C@H]1C(N)=O.COc1ccc2c(=O)cc(-c3csc(NC(C)C)n3)[nH]c2c1.O=C1NS(=O)(=O)c2ccccc2NCCCCC/C=C\[C@@H]2C[C@H]12. The van der Waals surface area contributed by atoms with Crippen molar-refractivity contribution in [3.63, 3.8) is 0 Å². The average molecular weight is 863 g/mol. The molecule has 3 aliphatic rings. The summed E-state index contributed by atoms with van der Waals surface area (Å²) < 4.78 is 32.5. The van der Waals surface area contributed by atoms with Crippen LogP contribution < -0.4 is 36.6 Å². The topological polar surface area (TPSA) is 218 Å². The number of carbonyl (C=O) groups is 3. The van der Waals surface area contributed by atoms with E-state index in [2.05, 4.69) is 56.6 Å². The van der Waals surface area contributed by atoms with Gasteiger partial charge in [-0.05, 0) is 103 Å². The lowest BCUT2D eigenvalue weighted by atomic mass is 10.1. The van der Waals surface area contributed by atoms with E-state index in [0.717, 1.165) is 61.4 Å². The van der Waals surface area contributed by atoms with Gasteiger partial charge in [-0.25, -0.2) is 22.9 Å². The van der Waals surface area contributed by atoms with Crippen LogP contribution in [0.4, 0.5) is 15.6 Å². The van der Waals surface area contributed by atoms with Crippen LogP contribution in [0.3, 0.4) is 0 Å². The summed E-state index contributed by atoms with van der Waals surface area (Å²) in [4.78, 5) is 56.7. The quantitative estimate of drug-likeness (QED) is 0.118. The number of urea groups is 1. The molecule has 4 amide bonds. The predicted octanol–water partition coefficient (Wildman–Crippen LogP) is 6.59. The highest BCUT2D eigenvalue weighted by Crippen LogP contribution is 2.40. The standard InChI is InChI=1S/C17H22N2O3S.C16H17N3O2S.C10H19N3O2/c20-17-14-12-13(14)8-4-2-1-3-7-11-18-15-9-5-6-10-16(15)23(21,22)19-17;1-9(2)17-16-19-14(8-22-16)13-7-15(20)11-5-4-10(21-3)6-12(11)18-13;1-10(2,3)12-9(15)13-6-4-5-7(13)8(11)14/h4-6,8-10,13-14,18H,1-3,7,11-12H2,(H,19,20);4-9H,1-3H3,(H,17,19)(H,18,20);7H,4-6H2,1-3H3,(H2,11,14)(H,12,15)/b8-4-;;/t13-,14+;;7-/m1.0/s1. The van der Waals surface area contributed by atoms with Crippen molar-refractivity contribution in [2.75, 3.05) is 30.8 Å². The van der Waals surface area contributed by atoms with Gasteiger partial charge in [-0.1, -0.05) is 30.7 Å². The molecule has 0 spiro atoms. The zero-order valence-corrected chi connectivity index (χ0v) is 36.8. The van der Waals surface area contributed by atoms with E-state index in [9.17, 15) is 27.6 Å². The van der Waals surface area contributed by atoms with Gasteiger partial charge in [-0.15, -0.1) is 11.3 Å². The Morgan fingerprint density at radius 1 is 1.05 bits per heavy atom. The van der Waals surface area contributed by atoms with E-state index in [0.29, 0.717) is 41.5 Å². The van der Waals surface area contributed by atoms with E-state index >= 15 is 0 Å². The van der Waals surface area contributed by atoms with Crippen molar-refractivity contribution in [1.82, 2.24) is 24.9 Å². The first-order chi connectivity index (χ1) is 28.5. The Hall–Kier alpha value is -5.42. The highest BCUT2D eigenvalue weighted by Gasteiger charge is 2.42. The molecule has 3 atom stereocenters. The number of thiazole rings is 1. The highest BCUT2D eigenvalue weighted by atomic mass is 32.2. The lowest BCUT2D eigenvalue weighted by Crippen LogP contribution is -2.52. The number of rotatable bonds is 5. The summed E-state index contributed by atoms with van der Waals surface area (Å²) in [6.45, 7) is 11.2. The van der Waals surface area contributed by atoms with E-state index in [4.69, 9.17) is 10.5 Å². The summed E-state index contributed by atoms with van der Waals surface area (Å²) in [7, 11) is -2.24. The molecule has 60 heavy (non-hydrogen) atoms. The fourth-order valence-electron chi connectivity index (χ4n) is 6.80. The molecule has 1 saturated heterocycles. The average Bonchev–Trinajstić information content (AvgIpc) is 3.52. The Morgan fingerprint density at radius 3 is 2.53 bits per heavy atom. The van der Waals surface area contributed by atoms with Crippen LogP contribution in [-0.2, 0) is 19.6 Å². The maximum absolute atomic E-state index is 12.5. The minimum absolute atomic E-state index is 0.0298. The number of allylic oxidation sites excluding steroid dienone is 2. The monoisotopic (exact) mass is 862 g/mol. The van der Waals surface area contributed by atoms with Crippen LogP contribution in [0.5, 0.6) is 5.75 Å². The number of nitrogens with one attached hydrogen (secondary N) is 5. The third-order valence-electron chi connectivity index (χ3n) is 9.89. The van der Waals surface area contributed by atoms with Gasteiger partial charge in [-0.3, -0.25) is 14.4 Å². The van der Waals surface area contributed by atoms with Crippen LogP contribution in [-0.4, -0.2) is 79.0 Å². The summed E-state index contributed by atoms with van der Waals surface area (Å²) in [5.74, 6) is -0.142. The van der Waals surface area contributed by atoms with Crippen molar-refractivity contribution in [3.8, 4) is 17.1 Å². The lowest BCUT2D eigenvalue weighted by molar-refractivity contribution is -0.122. The molecule has 4 heterocycles. The Bertz CT molecular complexity index is 2330. The van der Waals surface area contributed by atoms with Crippen LogP contribution >= 0.6 is 11.3 Å². The number of ether oxygens (including phenoxy) is 1. The van der Waals surface area contributed by atoms with Gasteiger partial charge in [0.25, 0.3) is 10.0 Å². The lowest BCUT2D eigenvalue weighted by Gasteiger charge is -2.28. The van der Waals surface area contributed by atoms with E-state index in [1.807, 2.05) is 32.2 Å². The molecular weight excluding hydrogens is 805 g/mol. The number of anilines is 2. The normalized spacial score (nSPS) is 20.5. The first kappa shape index (κ1) is 45.7. The maximum Gasteiger partial charge on any atom is 0.318 e. The van der Waals surface area contributed by atoms with Crippen molar-refractivity contribution in [3.05, 3.63) is 76.3 Å². The van der Waals surface area contributed by atoms with Crippen LogP contribution in [0, 0.1) is 11.8 Å². The predicted molar refractivity (Wildman–Crippen MR) is 238 cm³/mol. The molecule has 7 rings (SSSR count). The number of H-pyrrole nitrogens is 1. The van der Waals surface area contributed by atoms with Gasteiger partial charge in [0.05, 0.1) is 29.7 Å². The molecular formula is C43H58N8O7S2. The molecule has 0 radical (unpaired) electrons. The molecule has 2 fully saturated rings. The van der Waals surface area contributed by atoms with E-state index in [1.165, 1.54) is 22.3 Å². The van der Waals surface area contributed by atoms with Crippen LogP contribution in [0.1, 0.15) is 79.6 Å². The molecule has 4 aromatic rings. The molecule has 1 saturated carbocycles. The van der Waals surface area contributed by atoms with Gasteiger partial charge in [0.1, 0.15) is 16.7 Å². The van der Waals surface area contributed by atoms with Crippen molar-refractivity contribution in [2.24, 2.45) is 17.6 Å². The summed E-state index contributed by atoms with van der Waals surface area (Å²) in [6.07, 6.45) is 10.6. The number of para-hydroxylation sites is 1. The van der Waals surface area contributed by atoms with Crippen molar-refractivity contribution >= 4 is 60.9 Å². The molecule has 1 aliphatic carbocycles. The number of fused-ring (bicyclic) bond motifs is 3. The molecule has 0 unspecified atom stereocenters. The fraction of sp³-hybridized carbons (Fsp3) is 0.465. The van der Waals surface area contributed by atoms with E-state index in [-0.39, 0.29) is 33.7 Å². The smallest absolute Gasteiger partial charge is 0.318 e. The molecule has 2 aromatic carbocycles. The van der Waals surface area contributed by atoms with E-state index in [1.54, 1.807) is 43.5 Å².